The van der Waals surface area contributed by atoms with Gasteiger partial charge in [-0.05, 0) is 29.0 Å². The molecule has 138 valence electrons. The van der Waals surface area contributed by atoms with Crippen molar-refractivity contribution in [2.24, 2.45) is 0 Å². The molecule has 29 heavy (non-hydrogen) atoms. The Balaban J connectivity index is 1.76. The van der Waals surface area contributed by atoms with Gasteiger partial charge in [0.1, 0.15) is 0 Å². The molecule has 0 spiro atoms. The van der Waals surface area contributed by atoms with Crippen LogP contribution in [-0.4, -0.2) is 9.97 Å². The summed E-state index contributed by atoms with van der Waals surface area (Å²) in [7, 11) is 0. The van der Waals surface area contributed by atoms with E-state index in [9.17, 15) is 0 Å². The Morgan fingerprint density at radius 1 is 0.552 bits per heavy atom. The van der Waals surface area contributed by atoms with Gasteiger partial charge in [0, 0.05) is 21.2 Å². The van der Waals surface area contributed by atoms with Gasteiger partial charge in [-0.25, -0.2) is 9.97 Å². The third kappa shape index (κ3) is 3.57. The molecule has 0 saturated heterocycles. The van der Waals surface area contributed by atoms with Gasteiger partial charge < -0.3 is 0 Å². The zero-order chi connectivity index (χ0) is 19.6. The molecule has 5 aromatic rings. The van der Waals surface area contributed by atoms with E-state index in [1.807, 2.05) is 42.5 Å². The largest absolute Gasteiger partial charge is 0.228 e. The maximum absolute atomic E-state index is 4.95. The van der Waals surface area contributed by atoms with Gasteiger partial charge in [0.15, 0.2) is 5.82 Å². The van der Waals surface area contributed by atoms with Gasteiger partial charge in [0.05, 0.1) is 11.4 Å². The van der Waals surface area contributed by atoms with Crippen molar-refractivity contribution in [3.63, 3.8) is 0 Å². The molecule has 0 atom stereocenters. The molecule has 2 nitrogen and oxygen atoms in total. The van der Waals surface area contributed by atoms with E-state index in [2.05, 4.69) is 76.6 Å². The zero-order valence-electron chi connectivity index (χ0n) is 15.6. The lowest BCUT2D eigenvalue weighted by Crippen LogP contribution is -1.96. The van der Waals surface area contributed by atoms with E-state index in [0.29, 0.717) is 0 Å². The van der Waals surface area contributed by atoms with Gasteiger partial charge in [0.25, 0.3) is 0 Å². The fourth-order valence-electron chi connectivity index (χ4n) is 3.52. The topological polar surface area (TPSA) is 25.8 Å². The molecule has 1 aromatic heterocycles. The van der Waals surface area contributed by atoms with E-state index in [0.717, 1.165) is 38.4 Å². The second-order valence-electron chi connectivity index (χ2n) is 6.86. The summed E-state index contributed by atoms with van der Waals surface area (Å²) in [5.74, 6) is 0.724. The van der Waals surface area contributed by atoms with Gasteiger partial charge >= 0.3 is 0 Å². The van der Waals surface area contributed by atoms with E-state index >= 15 is 0 Å². The number of benzene rings is 4. The average molecular weight is 437 g/mol. The minimum Gasteiger partial charge on any atom is -0.228 e. The smallest absolute Gasteiger partial charge is 0.160 e. The molecule has 0 aliphatic carbocycles. The number of fused-ring (bicyclic) bond motifs is 1. The number of aromatic nitrogens is 2. The number of hydrogen-bond acceptors (Lipinski definition) is 2. The van der Waals surface area contributed by atoms with Gasteiger partial charge in [-0.15, -0.1) is 0 Å². The normalized spacial score (nSPS) is 10.9. The summed E-state index contributed by atoms with van der Waals surface area (Å²) in [6, 6.07) is 35.2. The van der Waals surface area contributed by atoms with Crippen LogP contribution in [-0.2, 0) is 0 Å². The van der Waals surface area contributed by atoms with Crippen molar-refractivity contribution in [2.45, 2.75) is 0 Å². The maximum Gasteiger partial charge on any atom is 0.160 e. The summed E-state index contributed by atoms with van der Waals surface area (Å²) < 4.78 is 1.04. The lowest BCUT2D eigenvalue weighted by atomic mass is 10.0. The highest BCUT2D eigenvalue weighted by molar-refractivity contribution is 9.10. The first kappa shape index (κ1) is 17.8. The molecule has 0 amide bonds. The molecular formula is C26H17BrN2. The van der Waals surface area contributed by atoms with Gasteiger partial charge in [-0.3, -0.25) is 0 Å². The summed E-state index contributed by atoms with van der Waals surface area (Å²) in [5, 5.41) is 2.39. The van der Waals surface area contributed by atoms with Crippen LogP contribution in [0.1, 0.15) is 0 Å². The highest BCUT2D eigenvalue weighted by Gasteiger charge is 2.12. The van der Waals surface area contributed by atoms with Crippen LogP contribution in [0.4, 0.5) is 0 Å². The number of nitrogens with zero attached hydrogens (tertiary/aromatic N) is 2. The van der Waals surface area contributed by atoms with Crippen molar-refractivity contribution in [2.75, 3.05) is 0 Å². The molecule has 1 heterocycles. The third-order valence-corrected chi connectivity index (χ3v) is 5.49. The van der Waals surface area contributed by atoms with Crippen LogP contribution in [0.25, 0.3) is 44.7 Å². The molecule has 0 fully saturated rings. The number of halogens is 1. The summed E-state index contributed by atoms with van der Waals surface area (Å²) in [6.07, 6.45) is 0. The Hall–Kier alpha value is -3.30. The number of hydrogen-bond donors (Lipinski definition) is 0. The Kier molecular flexibility index (Phi) is 4.66. The molecule has 3 heteroatoms. The first-order valence-corrected chi connectivity index (χ1v) is 10.3. The van der Waals surface area contributed by atoms with Crippen LogP contribution in [0.2, 0.25) is 0 Å². The molecule has 0 aliphatic heterocycles. The van der Waals surface area contributed by atoms with Crippen LogP contribution >= 0.6 is 15.9 Å². The predicted octanol–water partition coefficient (Wildman–Crippen LogP) is 7.39. The minimum absolute atomic E-state index is 0.724. The van der Waals surface area contributed by atoms with Gasteiger partial charge in [-0.2, -0.15) is 0 Å². The molecule has 0 saturated carbocycles. The van der Waals surface area contributed by atoms with Crippen LogP contribution < -0.4 is 0 Å². The molecule has 0 aliphatic rings. The second-order valence-corrected chi connectivity index (χ2v) is 7.78. The van der Waals surface area contributed by atoms with E-state index in [1.165, 1.54) is 10.8 Å². The lowest BCUT2D eigenvalue weighted by molar-refractivity contribution is 1.18. The van der Waals surface area contributed by atoms with Crippen LogP contribution in [0.5, 0.6) is 0 Å². The fraction of sp³-hybridized carbons (Fsp3) is 0. The van der Waals surface area contributed by atoms with Crippen molar-refractivity contribution in [1.29, 1.82) is 0 Å². The van der Waals surface area contributed by atoms with Crippen molar-refractivity contribution < 1.29 is 0 Å². The summed E-state index contributed by atoms with van der Waals surface area (Å²) in [4.78, 5) is 9.84. The van der Waals surface area contributed by atoms with Crippen LogP contribution in [0.15, 0.2) is 108 Å². The van der Waals surface area contributed by atoms with Gasteiger partial charge in [0.2, 0.25) is 0 Å². The van der Waals surface area contributed by atoms with Crippen LogP contribution in [0, 0.1) is 0 Å². The Morgan fingerprint density at radius 2 is 1.24 bits per heavy atom. The first-order chi connectivity index (χ1) is 14.3. The molecule has 0 N–H and O–H groups in total. The Bertz CT molecular complexity index is 1290. The van der Waals surface area contributed by atoms with Crippen molar-refractivity contribution in [3.05, 3.63) is 108 Å². The second kappa shape index (κ2) is 7.61. The zero-order valence-corrected chi connectivity index (χ0v) is 17.2. The molecule has 4 aromatic carbocycles. The van der Waals surface area contributed by atoms with E-state index in [1.54, 1.807) is 0 Å². The molecule has 0 radical (unpaired) electrons. The molecule has 0 bridgehead atoms. The highest BCUT2D eigenvalue weighted by Crippen LogP contribution is 2.32. The summed E-state index contributed by atoms with van der Waals surface area (Å²) in [6.45, 7) is 0. The van der Waals surface area contributed by atoms with Crippen molar-refractivity contribution in [3.8, 4) is 33.9 Å². The van der Waals surface area contributed by atoms with Crippen LogP contribution in [0.3, 0.4) is 0 Å². The summed E-state index contributed by atoms with van der Waals surface area (Å²) >= 11 is 3.51. The first-order valence-electron chi connectivity index (χ1n) is 9.46. The van der Waals surface area contributed by atoms with Crippen molar-refractivity contribution in [1.82, 2.24) is 9.97 Å². The van der Waals surface area contributed by atoms with E-state index in [-0.39, 0.29) is 0 Å². The average Bonchev–Trinajstić information content (AvgIpc) is 2.79. The fourth-order valence-corrected chi connectivity index (χ4v) is 3.78. The Morgan fingerprint density at radius 3 is 2.07 bits per heavy atom. The number of rotatable bonds is 3. The van der Waals surface area contributed by atoms with E-state index in [4.69, 9.17) is 9.97 Å². The predicted molar refractivity (Wildman–Crippen MR) is 124 cm³/mol. The van der Waals surface area contributed by atoms with Gasteiger partial charge in [-0.1, -0.05) is 101 Å². The standard InChI is InChI=1S/C26H17BrN2/c27-21-15-13-20(14-16-21)26-28-24(19-8-2-1-3-9-19)17-25(29-26)23-12-6-10-18-7-4-5-11-22(18)23/h1-17H. The Labute approximate surface area is 178 Å². The molecular weight excluding hydrogens is 420 g/mol. The monoisotopic (exact) mass is 436 g/mol. The highest BCUT2D eigenvalue weighted by atomic mass is 79.9. The molecule has 5 rings (SSSR count). The third-order valence-electron chi connectivity index (χ3n) is 4.96. The lowest BCUT2D eigenvalue weighted by Gasteiger charge is -2.11. The minimum atomic E-state index is 0.724. The molecule has 0 unspecified atom stereocenters. The van der Waals surface area contributed by atoms with Crippen molar-refractivity contribution >= 4 is 26.7 Å². The SMILES string of the molecule is Brc1ccc(-c2nc(-c3ccccc3)cc(-c3cccc4ccccc34)n2)cc1. The quantitative estimate of drug-likeness (QED) is 0.294. The van der Waals surface area contributed by atoms with E-state index < -0.39 is 0 Å². The maximum atomic E-state index is 4.95. The summed E-state index contributed by atoms with van der Waals surface area (Å²) in [5.41, 5.74) is 5.03.